The first-order valence-corrected chi connectivity index (χ1v) is 6.68. The fourth-order valence-corrected chi connectivity index (χ4v) is 2.57. The number of thioether (sulfide) groups is 1. The highest BCUT2D eigenvalue weighted by Crippen LogP contribution is 2.23. The maximum Gasteiger partial charge on any atom is 0.280 e. The van der Waals surface area contributed by atoms with E-state index in [1.165, 1.54) is 0 Å². The van der Waals surface area contributed by atoms with Gasteiger partial charge in [-0.3, -0.25) is 10.1 Å². The molecule has 0 saturated carbocycles. The number of amidine groups is 1. The van der Waals surface area contributed by atoms with Gasteiger partial charge in [0, 0.05) is 5.25 Å². The molecule has 1 heterocycles. The fraction of sp³-hybridized carbons (Fsp3) is 0.333. The van der Waals surface area contributed by atoms with Crippen LogP contribution in [0.1, 0.15) is 23.7 Å². The number of amides is 1. The molecule has 1 saturated heterocycles. The molecule has 1 aromatic carbocycles. The minimum Gasteiger partial charge on any atom is -0.267 e. The fourth-order valence-electron chi connectivity index (χ4n) is 1.46. The zero-order valence-corrected chi connectivity index (χ0v) is 11.0. The molecule has 1 atom stereocenters. The normalized spacial score (nSPS) is 21.5. The van der Waals surface area contributed by atoms with E-state index >= 15 is 0 Å². The van der Waals surface area contributed by atoms with Gasteiger partial charge in [0.2, 0.25) is 0 Å². The summed E-state index contributed by atoms with van der Waals surface area (Å²) >= 11 is 7.49. The topological polar surface area (TPSA) is 43.5 Å². The Kier molecular flexibility index (Phi) is 4.07. The van der Waals surface area contributed by atoms with Gasteiger partial charge in [0.05, 0.1) is 17.1 Å². The summed E-state index contributed by atoms with van der Waals surface area (Å²) in [4.78, 5) is 15.9. The Hall–Kier alpha value is -1.000. The average molecular weight is 268 g/mol. The number of halogens is 1. The van der Waals surface area contributed by atoms with Crippen molar-refractivity contribution >= 4 is 34.4 Å². The first-order chi connectivity index (χ1) is 8.20. The van der Waals surface area contributed by atoms with E-state index in [-0.39, 0.29) is 5.91 Å². The molecule has 0 bridgehead atoms. The third kappa shape index (κ3) is 3.01. The van der Waals surface area contributed by atoms with Crippen molar-refractivity contribution in [3.05, 3.63) is 34.9 Å². The van der Waals surface area contributed by atoms with Crippen LogP contribution in [0.3, 0.4) is 0 Å². The zero-order chi connectivity index (χ0) is 12.3. The Labute approximate surface area is 110 Å². The molecule has 0 N–H and O–H groups in total. The highest BCUT2D eigenvalue weighted by molar-refractivity contribution is 8.14. The predicted molar refractivity (Wildman–Crippen MR) is 71.9 cm³/mol. The van der Waals surface area contributed by atoms with E-state index in [2.05, 4.69) is 17.2 Å². The summed E-state index contributed by atoms with van der Waals surface area (Å²) in [6.07, 6.45) is 1.04. The van der Waals surface area contributed by atoms with Crippen LogP contribution in [-0.2, 0) is 0 Å². The van der Waals surface area contributed by atoms with Crippen LogP contribution in [0.25, 0.3) is 0 Å². The summed E-state index contributed by atoms with van der Waals surface area (Å²) in [5, 5.41) is 5.68. The molecule has 0 aliphatic carbocycles. The third-order valence-corrected chi connectivity index (χ3v) is 4.04. The van der Waals surface area contributed by atoms with Gasteiger partial charge in [-0.1, -0.05) is 42.4 Å². The third-order valence-electron chi connectivity index (χ3n) is 2.46. The number of hydrogen-bond acceptors (Lipinski definition) is 2. The van der Waals surface area contributed by atoms with Crippen molar-refractivity contribution < 1.29 is 4.79 Å². The maximum absolute atomic E-state index is 11.9. The number of hydrogen-bond donors (Lipinski definition) is 0. The van der Waals surface area contributed by atoms with Crippen molar-refractivity contribution in [3.8, 4) is 0 Å². The Morgan fingerprint density at radius 1 is 1.59 bits per heavy atom. The molecular weight excluding hydrogens is 256 g/mol. The Morgan fingerprint density at radius 3 is 3.00 bits per heavy atom. The van der Waals surface area contributed by atoms with Gasteiger partial charge < -0.3 is 0 Å². The highest BCUT2D eigenvalue weighted by Gasteiger charge is 2.22. The van der Waals surface area contributed by atoms with Crippen molar-refractivity contribution in [3.63, 3.8) is 0 Å². The summed E-state index contributed by atoms with van der Waals surface area (Å²) in [7, 11) is 0. The molecule has 0 spiro atoms. The van der Waals surface area contributed by atoms with Crippen LogP contribution in [-0.4, -0.2) is 22.9 Å². The van der Waals surface area contributed by atoms with Gasteiger partial charge >= 0.3 is 0 Å². The second-order valence-corrected chi connectivity index (χ2v) is 5.34. The van der Waals surface area contributed by atoms with Gasteiger partial charge in [-0.25, -0.2) is 0 Å². The van der Waals surface area contributed by atoms with E-state index in [4.69, 9.17) is 11.6 Å². The molecule has 0 aromatic heterocycles. The van der Waals surface area contributed by atoms with Crippen molar-refractivity contribution in [1.82, 2.24) is 5.32 Å². The lowest BCUT2D eigenvalue weighted by molar-refractivity contribution is 0.100. The van der Waals surface area contributed by atoms with E-state index in [0.29, 0.717) is 21.0 Å². The van der Waals surface area contributed by atoms with Crippen LogP contribution in [0.2, 0.25) is 5.02 Å². The zero-order valence-electron chi connectivity index (χ0n) is 9.39. The van der Waals surface area contributed by atoms with E-state index in [9.17, 15) is 4.79 Å². The molecule has 3 nitrogen and oxygen atoms in total. The van der Waals surface area contributed by atoms with Gasteiger partial charge in [-0.05, 0) is 18.6 Å². The van der Waals surface area contributed by atoms with Crippen molar-refractivity contribution in [1.29, 1.82) is 0 Å². The molecule has 17 heavy (non-hydrogen) atoms. The number of rotatable bonds is 2. The minimum absolute atomic E-state index is 0.321. The Balaban J connectivity index is 2.12. The predicted octanol–water partition coefficient (Wildman–Crippen LogP) is 2.97. The summed E-state index contributed by atoms with van der Waals surface area (Å²) in [5.41, 5.74) is 0.428. The van der Waals surface area contributed by atoms with Gasteiger partial charge in [0.1, 0.15) is 0 Å². The lowest BCUT2D eigenvalue weighted by atomic mass is 10.2. The second kappa shape index (κ2) is 5.56. The maximum atomic E-state index is 11.9. The van der Waals surface area contributed by atoms with E-state index in [1.54, 1.807) is 36.0 Å². The first-order valence-electron chi connectivity index (χ1n) is 5.42. The smallest absolute Gasteiger partial charge is 0.267 e. The summed E-state index contributed by atoms with van der Waals surface area (Å²) < 4.78 is 0. The van der Waals surface area contributed by atoms with E-state index in [0.717, 1.165) is 13.0 Å². The largest absolute Gasteiger partial charge is 0.280 e. The van der Waals surface area contributed by atoms with Gasteiger partial charge in [-0.15, -0.1) is 0 Å². The van der Waals surface area contributed by atoms with Gasteiger partial charge in [-0.2, -0.15) is 4.99 Å². The summed E-state index contributed by atoms with van der Waals surface area (Å²) in [6, 6.07) is 6.91. The molecule has 1 fully saturated rings. The quantitative estimate of drug-likeness (QED) is 0.827. The molecule has 1 amide bonds. The van der Waals surface area contributed by atoms with Gasteiger partial charge in [0.15, 0.2) is 5.17 Å². The molecular formula is C12H12ClN2OS. The number of carbonyl (C=O) groups excluding carboxylic acids is 1. The monoisotopic (exact) mass is 267 g/mol. The molecule has 1 aliphatic rings. The highest BCUT2D eigenvalue weighted by atomic mass is 35.5. The van der Waals surface area contributed by atoms with Crippen molar-refractivity contribution in [2.24, 2.45) is 4.99 Å². The number of nitrogens with zero attached hydrogens (tertiary/aromatic N) is 2. The molecule has 1 unspecified atom stereocenters. The van der Waals surface area contributed by atoms with Crippen molar-refractivity contribution in [2.75, 3.05) is 6.54 Å². The van der Waals surface area contributed by atoms with Crippen LogP contribution in [0.15, 0.2) is 29.3 Å². The van der Waals surface area contributed by atoms with Crippen LogP contribution < -0.4 is 5.32 Å². The molecule has 5 heteroatoms. The summed E-state index contributed by atoms with van der Waals surface area (Å²) in [5.74, 6) is -0.321. The molecule has 1 radical (unpaired) electrons. The molecule has 89 valence electrons. The van der Waals surface area contributed by atoms with Crippen LogP contribution in [0, 0.1) is 0 Å². The average Bonchev–Trinajstić information content (AvgIpc) is 2.77. The van der Waals surface area contributed by atoms with Crippen LogP contribution in [0.5, 0.6) is 0 Å². The minimum atomic E-state index is -0.321. The number of benzene rings is 1. The second-order valence-electron chi connectivity index (χ2n) is 3.67. The van der Waals surface area contributed by atoms with Crippen molar-refractivity contribution in [2.45, 2.75) is 18.6 Å². The molecule has 2 rings (SSSR count). The van der Waals surface area contributed by atoms with Gasteiger partial charge in [0.25, 0.3) is 5.91 Å². The Morgan fingerprint density at radius 2 is 2.35 bits per heavy atom. The standard InChI is InChI=1S/C12H12ClN2OS/c1-2-8-7-14-12(17-8)15-11(16)9-5-3-4-6-10(9)13/h3-6,8H,2,7H2,1H3. The number of aliphatic imine (C=N–C) groups is 1. The van der Waals surface area contributed by atoms with E-state index < -0.39 is 0 Å². The lowest BCUT2D eigenvalue weighted by Gasteiger charge is -1.99. The SMILES string of the molecule is CCC1C[N]C(=NC(=O)c2ccccc2Cl)S1. The molecule has 1 aromatic rings. The summed E-state index contributed by atoms with van der Waals surface area (Å²) in [6.45, 7) is 2.85. The Bertz CT molecular complexity index is 462. The van der Waals surface area contributed by atoms with E-state index in [1.807, 2.05) is 0 Å². The van der Waals surface area contributed by atoms with Crippen LogP contribution >= 0.6 is 23.4 Å². The lowest BCUT2D eigenvalue weighted by Crippen LogP contribution is -2.09. The van der Waals surface area contributed by atoms with Crippen LogP contribution in [0.4, 0.5) is 0 Å². The number of carbonyl (C=O) groups is 1. The molecule has 1 aliphatic heterocycles. The first kappa shape index (κ1) is 12.5.